The molecule has 160 valence electrons. The molecule has 3 aromatic carbocycles. The number of aromatic carboxylic acids is 1. The number of nitrogens with zero attached hydrogens (tertiary/aromatic N) is 2. The molecule has 7 nitrogen and oxygen atoms in total. The molecule has 0 aliphatic carbocycles. The number of amides is 1. The Kier molecular flexibility index (Phi) is 6.10. The lowest BCUT2D eigenvalue weighted by Crippen LogP contribution is -2.21. The van der Waals surface area contributed by atoms with Gasteiger partial charge in [0.2, 0.25) is 5.91 Å². The van der Waals surface area contributed by atoms with Gasteiger partial charge in [0, 0.05) is 16.7 Å². The number of hydrogen-bond acceptors (Lipinski definition) is 4. The fourth-order valence-electron chi connectivity index (χ4n) is 3.70. The molecule has 1 amide bonds. The summed E-state index contributed by atoms with van der Waals surface area (Å²) in [4.78, 5) is 23.6. The molecule has 1 heterocycles. The molecular formula is C25H21N3O4. The molecule has 7 heteroatoms. The van der Waals surface area contributed by atoms with E-state index in [1.165, 1.54) is 0 Å². The van der Waals surface area contributed by atoms with Gasteiger partial charge in [0.1, 0.15) is 0 Å². The number of benzene rings is 3. The number of hydroxylamine groups is 1. The van der Waals surface area contributed by atoms with Gasteiger partial charge in [-0.1, -0.05) is 72.8 Å². The number of carboxylic acids is 1. The second-order valence-corrected chi connectivity index (χ2v) is 7.28. The highest BCUT2D eigenvalue weighted by Gasteiger charge is 2.23. The van der Waals surface area contributed by atoms with Gasteiger partial charge in [-0.2, -0.15) is 5.10 Å². The molecule has 0 saturated heterocycles. The lowest BCUT2D eigenvalue weighted by molar-refractivity contribution is -0.128. The molecule has 0 radical (unpaired) electrons. The van der Waals surface area contributed by atoms with Crippen molar-refractivity contribution in [2.24, 2.45) is 0 Å². The molecule has 0 saturated carbocycles. The molecule has 32 heavy (non-hydrogen) atoms. The van der Waals surface area contributed by atoms with E-state index in [0.29, 0.717) is 17.8 Å². The lowest BCUT2D eigenvalue weighted by Gasteiger charge is -2.11. The number of nitrogens with one attached hydrogen (secondary N) is 1. The zero-order chi connectivity index (χ0) is 22.5. The van der Waals surface area contributed by atoms with Crippen LogP contribution in [0.4, 0.5) is 0 Å². The van der Waals surface area contributed by atoms with Crippen LogP contribution in [0.2, 0.25) is 0 Å². The minimum Gasteiger partial charge on any atom is -0.478 e. The van der Waals surface area contributed by atoms with E-state index in [4.69, 9.17) is 10.3 Å². The smallest absolute Gasteiger partial charge is 0.335 e. The Morgan fingerprint density at radius 3 is 2.16 bits per heavy atom. The summed E-state index contributed by atoms with van der Waals surface area (Å²) >= 11 is 0. The van der Waals surface area contributed by atoms with Crippen molar-refractivity contribution in [1.82, 2.24) is 15.3 Å². The van der Waals surface area contributed by atoms with Crippen molar-refractivity contribution < 1.29 is 19.9 Å². The molecule has 0 unspecified atom stereocenters. The first kappa shape index (κ1) is 21.0. The number of carboxylic acid groups (broad SMARTS) is 1. The summed E-state index contributed by atoms with van der Waals surface area (Å²) in [5, 5.41) is 23.3. The van der Waals surface area contributed by atoms with Crippen molar-refractivity contribution in [3.63, 3.8) is 0 Å². The van der Waals surface area contributed by atoms with E-state index >= 15 is 0 Å². The average Bonchev–Trinajstić information content (AvgIpc) is 3.17. The van der Waals surface area contributed by atoms with Crippen molar-refractivity contribution in [3.05, 3.63) is 102 Å². The monoisotopic (exact) mass is 427 g/mol. The van der Waals surface area contributed by atoms with Crippen LogP contribution in [0.25, 0.3) is 22.5 Å². The predicted octanol–water partition coefficient (Wildman–Crippen LogP) is 4.01. The maximum Gasteiger partial charge on any atom is 0.335 e. The minimum atomic E-state index is -0.999. The first-order valence-electron chi connectivity index (χ1n) is 10.0. The van der Waals surface area contributed by atoms with Gasteiger partial charge in [-0.3, -0.25) is 14.7 Å². The van der Waals surface area contributed by atoms with Gasteiger partial charge in [-0.15, -0.1) is 0 Å². The van der Waals surface area contributed by atoms with Crippen LogP contribution in [0.15, 0.2) is 84.9 Å². The standard InChI is InChI=1S/C25H21N3O4/c29-22(27-32)15-21-23(18-9-3-1-4-10-18)26-28(24(21)19-11-5-2-6-12-19)16-17-8-7-13-20(14-17)25(30)31/h1-14,32H,15-16H2,(H,27,29)(H,30,31). The average molecular weight is 427 g/mol. The molecular weight excluding hydrogens is 406 g/mol. The maximum atomic E-state index is 12.2. The lowest BCUT2D eigenvalue weighted by atomic mass is 9.99. The largest absolute Gasteiger partial charge is 0.478 e. The summed E-state index contributed by atoms with van der Waals surface area (Å²) < 4.78 is 1.78. The van der Waals surface area contributed by atoms with Gasteiger partial charge in [0.25, 0.3) is 0 Å². The Labute approximate surface area is 184 Å². The van der Waals surface area contributed by atoms with E-state index in [1.807, 2.05) is 66.7 Å². The summed E-state index contributed by atoms with van der Waals surface area (Å²) in [6, 6.07) is 25.7. The van der Waals surface area contributed by atoms with E-state index in [2.05, 4.69) is 0 Å². The van der Waals surface area contributed by atoms with E-state index in [-0.39, 0.29) is 12.0 Å². The molecule has 3 N–H and O–H groups in total. The van der Waals surface area contributed by atoms with Gasteiger partial charge < -0.3 is 5.11 Å². The van der Waals surface area contributed by atoms with Gasteiger partial charge in [-0.25, -0.2) is 10.3 Å². The van der Waals surface area contributed by atoms with Crippen molar-refractivity contribution >= 4 is 11.9 Å². The van der Waals surface area contributed by atoms with Gasteiger partial charge in [0.15, 0.2) is 0 Å². The molecule has 4 aromatic rings. The second-order valence-electron chi connectivity index (χ2n) is 7.28. The van der Waals surface area contributed by atoms with Gasteiger partial charge >= 0.3 is 5.97 Å². The number of hydrogen-bond donors (Lipinski definition) is 3. The van der Waals surface area contributed by atoms with Gasteiger partial charge in [0.05, 0.1) is 29.9 Å². The topological polar surface area (TPSA) is 104 Å². The number of aromatic nitrogens is 2. The normalized spacial score (nSPS) is 10.7. The van der Waals surface area contributed by atoms with E-state index in [0.717, 1.165) is 22.4 Å². The summed E-state index contributed by atoms with van der Waals surface area (Å²) in [6.07, 6.45) is -0.0693. The van der Waals surface area contributed by atoms with E-state index in [9.17, 15) is 14.7 Å². The van der Waals surface area contributed by atoms with Crippen molar-refractivity contribution in [2.75, 3.05) is 0 Å². The van der Waals surface area contributed by atoms with Crippen LogP contribution in [-0.2, 0) is 17.8 Å². The minimum absolute atomic E-state index is 0.0693. The van der Waals surface area contributed by atoms with Crippen LogP contribution in [0, 0.1) is 0 Å². The van der Waals surface area contributed by atoms with Crippen molar-refractivity contribution in [1.29, 1.82) is 0 Å². The zero-order valence-corrected chi connectivity index (χ0v) is 17.1. The highest BCUT2D eigenvalue weighted by Crippen LogP contribution is 2.33. The highest BCUT2D eigenvalue weighted by molar-refractivity contribution is 5.88. The number of carbonyl (C=O) groups excluding carboxylic acids is 1. The molecule has 0 atom stereocenters. The summed E-state index contributed by atoms with van der Waals surface area (Å²) in [6.45, 7) is 0.311. The molecule has 0 fully saturated rings. The molecule has 0 spiro atoms. The van der Waals surface area contributed by atoms with E-state index < -0.39 is 11.9 Å². The molecule has 0 aliphatic heterocycles. The maximum absolute atomic E-state index is 12.2. The molecule has 0 aliphatic rings. The Bertz CT molecular complexity index is 1250. The quantitative estimate of drug-likeness (QED) is 0.305. The first-order valence-corrected chi connectivity index (χ1v) is 10.0. The van der Waals surface area contributed by atoms with Crippen LogP contribution in [0.1, 0.15) is 21.5 Å². The van der Waals surface area contributed by atoms with Crippen LogP contribution < -0.4 is 5.48 Å². The van der Waals surface area contributed by atoms with Gasteiger partial charge in [-0.05, 0) is 17.7 Å². The SMILES string of the molecule is O=C(Cc1c(-c2ccccc2)nn(Cc2cccc(C(=O)O)c2)c1-c1ccccc1)NO. The Morgan fingerprint density at radius 1 is 0.875 bits per heavy atom. The predicted molar refractivity (Wildman–Crippen MR) is 119 cm³/mol. The number of rotatable bonds is 7. The van der Waals surface area contributed by atoms with E-state index in [1.54, 1.807) is 28.4 Å². The van der Waals surface area contributed by atoms with Crippen LogP contribution in [-0.4, -0.2) is 32.0 Å². The van der Waals surface area contributed by atoms with Crippen molar-refractivity contribution in [2.45, 2.75) is 13.0 Å². The fraction of sp³-hybridized carbons (Fsp3) is 0.0800. The Morgan fingerprint density at radius 2 is 1.53 bits per heavy atom. The molecule has 0 bridgehead atoms. The van der Waals surface area contributed by atoms with Crippen LogP contribution in [0.3, 0.4) is 0 Å². The molecule has 4 rings (SSSR count). The Hall–Kier alpha value is -4.23. The number of carbonyl (C=O) groups is 2. The summed E-state index contributed by atoms with van der Waals surface area (Å²) in [7, 11) is 0. The first-order chi connectivity index (χ1) is 15.6. The van der Waals surface area contributed by atoms with Crippen molar-refractivity contribution in [3.8, 4) is 22.5 Å². The third kappa shape index (κ3) is 4.43. The van der Waals surface area contributed by atoms with Crippen LogP contribution in [0.5, 0.6) is 0 Å². The highest BCUT2D eigenvalue weighted by atomic mass is 16.5. The zero-order valence-electron chi connectivity index (χ0n) is 17.1. The summed E-state index contributed by atoms with van der Waals surface area (Å²) in [5.41, 5.74) is 6.39. The summed E-state index contributed by atoms with van der Waals surface area (Å²) in [5.74, 6) is -1.55. The second kappa shape index (κ2) is 9.28. The molecule has 1 aromatic heterocycles. The third-order valence-corrected chi connectivity index (χ3v) is 5.11. The van der Waals surface area contributed by atoms with Crippen LogP contribution >= 0.6 is 0 Å². The third-order valence-electron chi connectivity index (χ3n) is 5.11. The Balaban J connectivity index is 1.91. The fourth-order valence-corrected chi connectivity index (χ4v) is 3.70.